The van der Waals surface area contributed by atoms with Gasteiger partial charge in [-0.25, -0.2) is 0 Å². The van der Waals surface area contributed by atoms with Crippen molar-refractivity contribution < 1.29 is 18.0 Å². The van der Waals surface area contributed by atoms with Crippen molar-refractivity contribution in [3.63, 3.8) is 0 Å². The molecule has 2 aromatic rings. The highest BCUT2D eigenvalue weighted by Crippen LogP contribution is 2.25. The molecule has 0 heterocycles. The fourth-order valence-corrected chi connectivity index (χ4v) is 2.56. The van der Waals surface area contributed by atoms with Crippen molar-refractivity contribution in [1.29, 1.82) is 0 Å². The Kier molecular flexibility index (Phi) is 5.51. The minimum atomic E-state index is -4.33. The number of amides is 1. The summed E-state index contributed by atoms with van der Waals surface area (Å²) in [6.07, 6.45) is -4.33. The van der Waals surface area contributed by atoms with E-state index in [4.69, 9.17) is 0 Å². The number of aryl methyl sites for hydroxylation is 1. The highest BCUT2D eigenvalue weighted by Gasteiger charge is 2.27. The van der Waals surface area contributed by atoms with Gasteiger partial charge in [-0.15, -0.1) is 0 Å². The van der Waals surface area contributed by atoms with Crippen LogP contribution in [0.15, 0.2) is 42.5 Å². The third kappa shape index (κ3) is 4.85. The number of carbonyl (C=O) groups is 1. The number of para-hydroxylation sites is 2. The Hall–Kier alpha value is -1.77. The van der Waals surface area contributed by atoms with Gasteiger partial charge < -0.3 is 10.6 Å². The van der Waals surface area contributed by atoms with Gasteiger partial charge in [0.15, 0.2) is 0 Å². The number of anilines is 2. The first-order valence-corrected chi connectivity index (χ1v) is 7.82. The Labute approximate surface area is 145 Å². The Morgan fingerprint density at radius 1 is 1.09 bits per heavy atom. The quantitative estimate of drug-likeness (QED) is 0.678. The average molecular weight is 434 g/mol. The highest BCUT2D eigenvalue weighted by molar-refractivity contribution is 14.1. The van der Waals surface area contributed by atoms with Crippen LogP contribution >= 0.6 is 22.6 Å². The maximum absolute atomic E-state index is 12.4. The molecule has 2 aromatic carbocycles. The molecule has 0 spiro atoms. The smallest absolute Gasteiger partial charge is 0.375 e. The summed E-state index contributed by atoms with van der Waals surface area (Å²) in [5, 5.41) is 4.95. The van der Waals surface area contributed by atoms with E-state index in [1.807, 2.05) is 13.0 Å². The minimum absolute atomic E-state index is 0.223. The van der Waals surface area contributed by atoms with Crippen molar-refractivity contribution in [2.45, 2.75) is 13.1 Å². The molecule has 1 amide bonds. The van der Waals surface area contributed by atoms with Crippen LogP contribution in [-0.2, 0) is 0 Å². The predicted octanol–water partition coefficient (Wildman–Crippen LogP) is 4.83. The lowest BCUT2D eigenvalue weighted by molar-refractivity contribution is -0.115. The van der Waals surface area contributed by atoms with Crippen molar-refractivity contribution in [2.75, 3.05) is 17.2 Å². The summed E-state index contributed by atoms with van der Waals surface area (Å²) >= 11 is 2.07. The Morgan fingerprint density at radius 3 is 2.39 bits per heavy atom. The van der Waals surface area contributed by atoms with Gasteiger partial charge in [0.05, 0.1) is 16.9 Å². The zero-order valence-corrected chi connectivity index (χ0v) is 14.3. The van der Waals surface area contributed by atoms with Crippen LogP contribution in [0.25, 0.3) is 0 Å². The van der Waals surface area contributed by atoms with Crippen molar-refractivity contribution >= 4 is 39.9 Å². The molecule has 0 saturated carbocycles. The number of hydrogen-bond acceptors (Lipinski definition) is 2. The molecule has 0 radical (unpaired) electrons. The second-order valence-electron chi connectivity index (χ2n) is 4.90. The summed E-state index contributed by atoms with van der Waals surface area (Å²) in [5.74, 6) is -0.362. The van der Waals surface area contributed by atoms with Crippen LogP contribution in [0.4, 0.5) is 24.5 Å². The van der Waals surface area contributed by atoms with Crippen molar-refractivity contribution in [3.05, 3.63) is 57.2 Å². The number of halogens is 4. The van der Waals surface area contributed by atoms with Gasteiger partial charge >= 0.3 is 6.18 Å². The van der Waals surface area contributed by atoms with E-state index in [2.05, 4.69) is 33.2 Å². The molecule has 0 saturated heterocycles. The van der Waals surface area contributed by atoms with E-state index in [1.54, 1.807) is 30.3 Å². The van der Waals surface area contributed by atoms with Crippen LogP contribution < -0.4 is 10.6 Å². The predicted molar refractivity (Wildman–Crippen MR) is 92.8 cm³/mol. The maximum atomic E-state index is 12.4. The number of rotatable bonds is 4. The standard InChI is InChI=1S/C16H14F3IN2O/c1-10-5-4-6-11(14(10)20)15(23)22-13-8-3-2-7-12(13)21-9-16(17,18)19/h2-8,21H,9H2,1H3,(H,22,23). The summed E-state index contributed by atoms with van der Waals surface area (Å²) in [6, 6.07) is 11.6. The number of alkyl halides is 3. The van der Waals surface area contributed by atoms with E-state index in [0.29, 0.717) is 11.3 Å². The topological polar surface area (TPSA) is 41.1 Å². The lowest BCUT2D eigenvalue weighted by Crippen LogP contribution is -2.22. The molecule has 0 fully saturated rings. The van der Waals surface area contributed by atoms with E-state index < -0.39 is 12.7 Å². The van der Waals surface area contributed by atoms with Gasteiger partial charge in [-0.2, -0.15) is 13.2 Å². The fraction of sp³-hybridized carbons (Fsp3) is 0.188. The average Bonchev–Trinajstić information content (AvgIpc) is 2.48. The van der Waals surface area contributed by atoms with Crippen LogP contribution in [-0.4, -0.2) is 18.6 Å². The second kappa shape index (κ2) is 7.20. The molecule has 7 heteroatoms. The number of benzene rings is 2. The van der Waals surface area contributed by atoms with Gasteiger partial charge in [0.2, 0.25) is 0 Å². The molecule has 122 valence electrons. The van der Waals surface area contributed by atoms with E-state index in [9.17, 15) is 18.0 Å². The van der Waals surface area contributed by atoms with E-state index in [1.165, 1.54) is 6.07 Å². The first-order valence-electron chi connectivity index (χ1n) is 6.74. The summed E-state index contributed by atoms with van der Waals surface area (Å²) < 4.78 is 37.8. The zero-order valence-electron chi connectivity index (χ0n) is 12.2. The molecule has 0 aliphatic carbocycles. The van der Waals surface area contributed by atoms with Gasteiger partial charge in [0, 0.05) is 3.57 Å². The van der Waals surface area contributed by atoms with Gasteiger partial charge in [0.25, 0.3) is 5.91 Å². The maximum Gasteiger partial charge on any atom is 0.405 e. The molecule has 0 bridgehead atoms. The molecule has 0 atom stereocenters. The molecule has 2 rings (SSSR count). The van der Waals surface area contributed by atoms with E-state index >= 15 is 0 Å². The van der Waals surface area contributed by atoms with Gasteiger partial charge in [-0.1, -0.05) is 24.3 Å². The van der Waals surface area contributed by atoms with Crippen molar-refractivity contribution in [1.82, 2.24) is 0 Å². The molecular weight excluding hydrogens is 420 g/mol. The third-order valence-corrected chi connectivity index (χ3v) is 4.52. The van der Waals surface area contributed by atoms with Gasteiger partial charge in [-0.3, -0.25) is 4.79 Å². The first-order chi connectivity index (χ1) is 10.8. The van der Waals surface area contributed by atoms with E-state index in [0.717, 1.165) is 9.13 Å². The molecule has 2 N–H and O–H groups in total. The van der Waals surface area contributed by atoms with Crippen LogP contribution in [0.1, 0.15) is 15.9 Å². The van der Waals surface area contributed by atoms with Crippen molar-refractivity contribution in [2.24, 2.45) is 0 Å². The fourth-order valence-electron chi connectivity index (χ4n) is 1.95. The molecular formula is C16H14F3IN2O. The second-order valence-corrected chi connectivity index (χ2v) is 5.98. The van der Waals surface area contributed by atoms with Crippen LogP contribution in [0.5, 0.6) is 0 Å². The minimum Gasteiger partial charge on any atom is -0.375 e. The summed E-state index contributed by atoms with van der Waals surface area (Å²) in [6.45, 7) is 0.721. The third-order valence-electron chi connectivity index (χ3n) is 3.09. The van der Waals surface area contributed by atoms with Crippen LogP contribution in [0, 0.1) is 10.5 Å². The largest absolute Gasteiger partial charge is 0.405 e. The summed E-state index contributed by atoms with van der Waals surface area (Å²) in [7, 11) is 0. The molecule has 0 aliphatic rings. The SMILES string of the molecule is Cc1cccc(C(=O)Nc2ccccc2NCC(F)(F)F)c1I. The normalized spacial score (nSPS) is 11.2. The lowest BCUT2D eigenvalue weighted by Gasteiger charge is -2.15. The molecule has 0 aromatic heterocycles. The number of hydrogen-bond donors (Lipinski definition) is 2. The lowest BCUT2D eigenvalue weighted by atomic mass is 10.1. The Bertz CT molecular complexity index is 717. The monoisotopic (exact) mass is 434 g/mol. The zero-order chi connectivity index (χ0) is 17.0. The van der Waals surface area contributed by atoms with Crippen LogP contribution in [0.3, 0.4) is 0 Å². The molecule has 0 unspecified atom stereocenters. The highest BCUT2D eigenvalue weighted by atomic mass is 127. The number of nitrogens with one attached hydrogen (secondary N) is 2. The van der Waals surface area contributed by atoms with E-state index in [-0.39, 0.29) is 11.6 Å². The summed E-state index contributed by atoms with van der Waals surface area (Å²) in [5.41, 5.74) is 1.97. The van der Waals surface area contributed by atoms with Gasteiger partial charge in [-0.05, 0) is 53.3 Å². The summed E-state index contributed by atoms with van der Waals surface area (Å²) in [4.78, 5) is 12.4. The first kappa shape index (κ1) is 17.6. The molecule has 23 heavy (non-hydrogen) atoms. The Balaban J connectivity index is 2.20. The molecule has 3 nitrogen and oxygen atoms in total. The number of carbonyl (C=O) groups excluding carboxylic acids is 1. The van der Waals surface area contributed by atoms with Crippen LogP contribution in [0.2, 0.25) is 0 Å². The molecule has 0 aliphatic heterocycles. The van der Waals surface area contributed by atoms with Gasteiger partial charge in [0.1, 0.15) is 6.54 Å². The van der Waals surface area contributed by atoms with Crippen molar-refractivity contribution in [3.8, 4) is 0 Å². The Morgan fingerprint density at radius 2 is 1.74 bits per heavy atom.